The molecule has 6 nitrogen and oxygen atoms in total. The van der Waals surface area contributed by atoms with E-state index in [0.717, 1.165) is 0 Å². The van der Waals surface area contributed by atoms with Crippen molar-refractivity contribution in [3.05, 3.63) is 69.6 Å². The average molecular weight is 318 g/mol. The number of carbonyl (C=O) groups is 2. The molecule has 2 aromatic rings. The second-order valence-corrected chi connectivity index (χ2v) is 5.38. The first kappa shape index (κ1) is 14.3. The zero-order valence-electron chi connectivity index (χ0n) is 11.4. The summed E-state index contributed by atoms with van der Waals surface area (Å²) in [6, 6.07) is 11.3. The third-order valence-corrected chi connectivity index (χ3v) is 3.88. The van der Waals surface area contributed by atoms with Crippen LogP contribution in [0.5, 0.6) is 0 Å². The maximum Gasteiger partial charge on any atom is 0.322 e. The van der Waals surface area contributed by atoms with E-state index in [2.05, 4.69) is 10.6 Å². The van der Waals surface area contributed by atoms with E-state index in [1.54, 1.807) is 36.4 Å². The van der Waals surface area contributed by atoms with Crippen molar-refractivity contribution in [2.75, 3.05) is 0 Å². The number of pyridine rings is 1. The summed E-state index contributed by atoms with van der Waals surface area (Å²) in [5.41, 5.74) is -1.18. The van der Waals surface area contributed by atoms with Gasteiger partial charge in [0.05, 0.1) is 6.54 Å². The number of nitrogens with zero attached hydrogens (tertiary/aromatic N) is 1. The minimum Gasteiger partial charge on any atom is -0.318 e. The van der Waals surface area contributed by atoms with Gasteiger partial charge in [0.1, 0.15) is 5.02 Å². The van der Waals surface area contributed by atoms with E-state index in [-0.39, 0.29) is 11.6 Å². The van der Waals surface area contributed by atoms with Gasteiger partial charge in [-0.1, -0.05) is 41.9 Å². The van der Waals surface area contributed by atoms with E-state index in [1.807, 2.05) is 0 Å². The van der Waals surface area contributed by atoms with Gasteiger partial charge in [0.2, 0.25) is 0 Å². The Balaban J connectivity index is 2.12. The molecule has 112 valence electrons. The molecular formula is C15H12ClN3O3. The van der Waals surface area contributed by atoms with Gasteiger partial charge in [0, 0.05) is 6.20 Å². The Morgan fingerprint density at radius 3 is 2.41 bits per heavy atom. The Morgan fingerprint density at radius 2 is 1.77 bits per heavy atom. The summed E-state index contributed by atoms with van der Waals surface area (Å²) < 4.78 is 1.31. The Morgan fingerprint density at radius 1 is 1.05 bits per heavy atom. The van der Waals surface area contributed by atoms with Gasteiger partial charge in [-0.2, -0.15) is 0 Å². The highest BCUT2D eigenvalue weighted by molar-refractivity contribution is 6.30. The number of rotatable bonds is 3. The molecule has 0 radical (unpaired) electrons. The molecule has 3 amide bonds. The van der Waals surface area contributed by atoms with Crippen molar-refractivity contribution in [1.29, 1.82) is 0 Å². The van der Waals surface area contributed by atoms with Crippen molar-refractivity contribution in [2.45, 2.75) is 12.1 Å². The molecule has 22 heavy (non-hydrogen) atoms. The first-order valence-corrected chi connectivity index (χ1v) is 6.95. The van der Waals surface area contributed by atoms with Gasteiger partial charge >= 0.3 is 6.03 Å². The Hall–Kier alpha value is -2.60. The van der Waals surface area contributed by atoms with Gasteiger partial charge in [-0.05, 0) is 17.7 Å². The number of benzene rings is 1. The van der Waals surface area contributed by atoms with Crippen LogP contribution >= 0.6 is 11.6 Å². The summed E-state index contributed by atoms with van der Waals surface area (Å²) in [5.74, 6) is -0.504. The van der Waals surface area contributed by atoms with Gasteiger partial charge < -0.3 is 9.88 Å². The molecule has 1 atom stereocenters. The fourth-order valence-electron chi connectivity index (χ4n) is 2.51. The molecular weight excluding hydrogens is 306 g/mol. The number of hydrogen-bond donors (Lipinski definition) is 2. The second-order valence-electron chi connectivity index (χ2n) is 4.97. The van der Waals surface area contributed by atoms with Crippen LogP contribution in [0.1, 0.15) is 5.56 Å². The Bertz CT molecular complexity index is 803. The molecule has 1 aliphatic heterocycles. The molecule has 1 unspecified atom stereocenters. The largest absolute Gasteiger partial charge is 0.322 e. The standard InChI is InChI=1S/C15H12ClN3O3/c16-11-7-4-8-19(12(11)20)9-15(10-5-2-1-3-6-10)13(21)17-14(22)18-15/h1-8H,9H2,(H2,17,18,21,22). The molecule has 1 aliphatic rings. The van der Waals surface area contributed by atoms with Gasteiger partial charge in [-0.25, -0.2) is 4.79 Å². The molecule has 2 heterocycles. The summed E-state index contributed by atoms with van der Waals surface area (Å²) in [7, 11) is 0. The normalized spacial score (nSPS) is 20.6. The van der Waals surface area contributed by atoms with Crippen molar-refractivity contribution in [1.82, 2.24) is 15.2 Å². The van der Waals surface area contributed by atoms with Crippen molar-refractivity contribution in [3.8, 4) is 0 Å². The quantitative estimate of drug-likeness (QED) is 0.836. The molecule has 1 aromatic carbocycles. The Kier molecular flexibility index (Phi) is 3.46. The molecule has 1 saturated heterocycles. The second kappa shape index (κ2) is 5.31. The SMILES string of the molecule is O=C1NC(=O)C(Cn2cccc(Cl)c2=O)(c2ccccc2)N1. The van der Waals surface area contributed by atoms with E-state index in [1.165, 1.54) is 16.8 Å². The highest BCUT2D eigenvalue weighted by Gasteiger charge is 2.48. The predicted molar refractivity (Wildman–Crippen MR) is 80.5 cm³/mol. The highest BCUT2D eigenvalue weighted by Crippen LogP contribution is 2.26. The van der Waals surface area contributed by atoms with Crippen molar-refractivity contribution >= 4 is 23.5 Å². The lowest BCUT2D eigenvalue weighted by Gasteiger charge is -2.27. The maximum absolute atomic E-state index is 12.4. The van der Waals surface area contributed by atoms with E-state index >= 15 is 0 Å². The topological polar surface area (TPSA) is 80.2 Å². The molecule has 7 heteroatoms. The number of urea groups is 1. The lowest BCUT2D eigenvalue weighted by atomic mass is 9.89. The van der Waals surface area contributed by atoms with Gasteiger partial charge in [0.15, 0.2) is 5.54 Å². The highest BCUT2D eigenvalue weighted by atomic mass is 35.5. The molecule has 1 aromatic heterocycles. The summed E-state index contributed by atoms with van der Waals surface area (Å²) in [6.45, 7) is -0.0476. The van der Waals surface area contributed by atoms with Crippen LogP contribution in [-0.4, -0.2) is 16.5 Å². The first-order valence-electron chi connectivity index (χ1n) is 6.57. The number of halogens is 1. The minimum atomic E-state index is -1.34. The van der Waals surface area contributed by atoms with Crippen molar-refractivity contribution in [3.63, 3.8) is 0 Å². The maximum atomic E-state index is 12.4. The van der Waals surface area contributed by atoms with Gasteiger partial charge in [-0.15, -0.1) is 0 Å². The zero-order chi connectivity index (χ0) is 15.7. The van der Waals surface area contributed by atoms with Crippen LogP contribution in [0.3, 0.4) is 0 Å². The summed E-state index contributed by atoms with van der Waals surface area (Å²) in [6.07, 6.45) is 1.52. The number of nitrogens with one attached hydrogen (secondary N) is 2. The van der Waals surface area contributed by atoms with E-state index in [9.17, 15) is 14.4 Å². The molecule has 1 fully saturated rings. The molecule has 0 saturated carbocycles. The fourth-order valence-corrected chi connectivity index (χ4v) is 2.69. The van der Waals surface area contributed by atoms with Crippen LogP contribution < -0.4 is 16.2 Å². The van der Waals surface area contributed by atoms with E-state index in [4.69, 9.17) is 11.6 Å². The molecule has 3 rings (SSSR count). The van der Waals surface area contributed by atoms with E-state index in [0.29, 0.717) is 5.56 Å². The zero-order valence-corrected chi connectivity index (χ0v) is 12.1. The average Bonchev–Trinajstić information content (AvgIpc) is 2.80. The van der Waals surface area contributed by atoms with Gasteiger partial charge in [-0.3, -0.25) is 14.9 Å². The van der Waals surface area contributed by atoms with Gasteiger partial charge in [0.25, 0.3) is 11.5 Å². The van der Waals surface area contributed by atoms with Crippen LogP contribution in [0.4, 0.5) is 4.79 Å². The predicted octanol–water partition coefficient (Wildman–Crippen LogP) is 1.24. The Labute approximate surface area is 130 Å². The van der Waals surface area contributed by atoms with Crippen LogP contribution in [0.2, 0.25) is 5.02 Å². The van der Waals surface area contributed by atoms with Crippen molar-refractivity contribution < 1.29 is 9.59 Å². The molecule has 2 N–H and O–H groups in total. The molecule has 0 aliphatic carbocycles. The van der Waals surface area contributed by atoms with Crippen LogP contribution in [0.15, 0.2) is 53.5 Å². The smallest absolute Gasteiger partial charge is 0.318 e. The van der Waals surface area contributed by atoms with Crippen LogP contribution in [0, 0.1) is 0 Å². The number of carbonyl (C=O) groups excluding carboxylic acids is 2. The van der Waals surface area contributed by atoms with Crippen molar-refractivity contribution in [2.24, 2.45) is 0 Å². The lowest BCUT2D eigenvalue weighted by molar-refractivity contribution is -0.124. The molecule has 0 bridgehead atoms. The number of imide groups is 1. The third-order valence-electron chi connectivity index (χ3n) is 3.59. The summed E-state index contributed by atoms with van der Waals surface area (Å²) >= 11 is 5.83. The van der Waals surface area contributed by atoms with E-state index < -0.39 is 23.0 Å². The monoisotopic (exact) mass is 317 g/mol. The fraction of sp³-hybridized carbons (Fsp3) is 0.133. The molecule has 0 spiro atoms. The number of hydrogen-bond acceptors (Lipinski definition) is 3. The lowest BCUT2D eigenvalue weighted by Crippen LogP contribution is -2.49. The minimum absolute atomic E-state index is 0.0476. The number of aromatic nitrogens is 1. The summed E-state index contributed by atoms with van der Waals surface area (Å²) in [4.78, 5) is 36.1. The third kappa shape index (κ3) is 2.27. The number of amides is 3. The first-order chi connectivity index (χ1) is 10.5. The van der Waals surface area contributed by atoms with Crippen LogP contribution in [0.25, 0.3) is 0 Å². The van der Waals surface area contributed by atoms with Crippen LogP contribution in [-0.2, 0) is 16.9 Å². The summed E-state index contributed by atoms with van der Waals surface area (Å²) in [5, 5.41) is 4.90.